The molecule has 0 bridgehead atoms. The molecule has 2 rings (SSSR count). The number of nitrogens with one attached hydrogen (secondary N) is 1. The zero-order chi connectivity index (χ0) is 18.4. The van der Waals surface area contributed by atoms with Crippen LogP contribution >= 0.6 is 0 Å². The highest BCUT2D eigenvalue weighted by Crippen LogP contribution is 2.19. The minimum absolute atomic E-state index is 0.0233. The number of rotatable bonds is 7. The number of imidazole rings is 1. The molecule has 25 heavy (non-hydrogen) atoms. The number of nitrogens with zero attached hydrogens (tertiary/aromatic N) is 3. The monoisotopic (exact) mass is 350 g/mol. The van der Waals surface area contributed by atoms with E-state index in [-0.39, 0.29) is 30.6 Å². The Labute approximate surface area is 144 Å². The molecule has 1 atom stereocenters. The fourth-order valence-electron chi connectivity index (χ4n) is 2.46. The van der Waals surface area contributed by atoms with Gasteiger partial charge in [-0.05, 0) is 5.56 Å². The fourth-order valence-corrected chi connectivity index (χ4v) is 2.46. The summed E-state index contributed by atoms with van der Waals surface area (Å²) in [5.74, 6) is -0.439. The molecule has 134 valence electrons. The smallest absolute Gasteiger partial charge is 0.319 e. The van der Waals surface area contributed by atoms with E-state index in [1.807, 2.05) is 30.3 Å². The molecule has 0 fully saturated rings. The average molecular weight is 350 g/mol. The van der Waals surface area contributed by atoms with Gasteiger partial charge in [-0.15, -0.1) is 0 Å². The Kier molecular flexibility index (Phi) is 6.21. The van der Waals surface area contributed by atoms with Crippen LogP contribution in [0.1, 0.15) is 37.3 Å². The molecule has 0 saturated carbocycles. The van der Waals surface area contributed by atoms with Gasteiger partial charge in [-0.25, -0.2) is 4.98 Å². The van der Waals surface area contributed by atoms with Crippen molar-refractivity contribution in [3.8, 4) is 0 Å². The number of hydrogen-bond acceptors (Lipinski definition) is 3. The van der Waals surface area contributed by atoms with Crippen molar-refractivity contribution in [2.24, 2.45) is 0 Å². The number of benzene rings is 1. The zero-order valence-corrected chi connectivity index (χ0v) is 14.0. The minimum atomic E-state index is -2.71. The zero-order valence-electron chi connectivity index (χ0n) is 14.0. The first-order valence-electron chi connectivity index (χ1n) is 7.74. The molecule has 0 spiro atoms. The van der Waals surface area contributed by atoms with Gasteiger partial charge in [0.15, 0.2) is 0 Å². The minimum Gasteiger partial charge on any atom is -0.349 e. The lowest BCUT2D eigenvalue weighted by Gasteiger charge is -2.22. The van der Waals surface area contributed by atoms with Gasteiger partial charge in [0.2, 0.25) is 11.8 Å². The van der Waals surface area contributed by atoms with E-state index in [2.05, 4.69) is 10.3 Å². The molecule has 1 heterocycles. The Hall–Kier alpha value is -2.77. The molecule has 2 aromatic rings. The summed E-state index contributed by atoms with van der Waals surface area (Å²) in [6, 6.07) is 8.63. The van der Waals surface area contributed by atoms with Gasteiger partial charge in [-0.2, -0.15) is 8.78 Å². The van der Waals surface area contributed by atoms with Crippen LogP contribution in [0.5, 0.6) is 0 Å². The Morgan fingerprint density at radius 3 is 2.56 bits per heavy atom. The number of halogens is 2. The van der Waals surface area contributed by atoms with Crippen LogP contribution in [-0.2, 0) is 16.1 Å². The van der Waals surface area contributed by atoms with Crippen LogP contribution in [0.15, 0.2) is 42.7 Å². The van der Waals surface area contributed by atoms with E-state index in [4.69, 9.17) is 0 Å². The molecule has 0 aliphatic carbocycles. The molecule has 6 nitrogen and oxygen atoms in total. The third-order valence-electron chi connectivity index (χ3n) is 3.72. The van der Waals surface area contributed by atoms with Crippen LogP contribution in [0.4, 0.5) is 8.78 Å². The van der Waals surface area contributed by atoms with Gasteiger partial charge in [0.25, 0.3) is 0 Å². The second kappa shape index (κ2) is 8.36. The maximum absolute atomic E-state index is 12.9. The van der Waals surface area contributed by atoms with Crippen molar-refractivity contribution in [2.75, 3.05) is 7.05 Å². The van der Waals surface area contributed by atoms with Crippen LogP contribution in [0.3, 0.4) is 0 Å². The molecule has 0 aliphatic heterocycles. The molecule has 2 amide bonds. The third-order valence-corrected chi connectivity index (χ3v) is 3.72. The third kappa shape index (κ3) is 5.10. The second-order valence-electron chi connectivity index (χ2n) is 5.65. The van der Waals surface area contributed by atoms with Crippen molar-refractivity contribution in [3.63, 3.8) is 0 Å². The summed E-state index contributed by atoms with van der Waals surface area (Å²) in [4.78, 5) is 29.1. The lowest BCUT2D eigenvalue weighted by Crippen LogP contribution is -2.34. The van der Waals surface area contributed by atoms with Gasteiger partial charge in [-0.1, -0.05) is 30.3 Å². The highest BCUT2D eigenvalue weighted by Gasteiger charge is 2.21. The van der Waals surface area contributed by atoms with E-state index in [0.29, 0.717) is 4.57 Å². The molecular formula is C17H20F2N4O2. The van der Waals surface area contributed by atoms with E-state index < -0.39 is 12.6 Å². The molecule has 0 saturated heterocycles. The summed E-state index contributed by atoms with van der Waals surface area (Å²) < 4.78 is 26.4. The molecule has 1 unspecified atom stereocenters. The van der Waals surface area contributed by atoms with Crippen molar-refractivity contribution < 1.29 is 18.4 Å². The van der Waals surface area contributed by atoms with Crippen LogP contribution in [0.25, 0.3) is 0 Å². The van der Waals surface area contributed by atoms with Crippen molar-refractivity contribution in [1.29, 1.82) is 0 Å². The van der Waals surface area contributed by atoms with Crippen molar-refractivity contribution in [3.05, 3.63) is 54.1 Å². The van der Waals surface area contributed by atoms with Crippen LogP contribution in [0.2, 0.25) is 0 Å². The molecule has 1 N–H and O–H groups in total. The summed E-state index contributed by atoms with van der Waals surface area (Å²) in [5.41, 5.74) is 0.800. The van der Waals surface area contributed by atoms with E-state index in [1.54, 1.807) is 0 Å². The topological polar surface area (TPSA) is 67.2 Å². The first-order valence-corrected chi connectivity index (χ1v) is 7.74. The van der Waals surface area contributed by atoms with Gasteiger partial charge in [-0.3, -0.25) is 14.2 Å². The Morgan fingerprint density at radius 2 is 1.96 bits per heavy atom. The summed E-state index contributed by atoms with van der Waals surface area (Å²) in [7, 11) is 1.52. The molecule has 1 aromatic heterocycles. The summed E-state index contributed by atoms with van der Waals surface area (Å²) in [6.07, 6.45) is 2.46. The number of aromatic nitrogens is 2. The van der Waals surface area contributed by atoms with Crippen LogP contribution in [-0.4, -0.2) is 33.3 Å². The quantitative estimate of drug-likeness (QED) is 0.834. The number of amides is 2. The lowest BCUT2D eigenvalue weighted by atomic mass is 10.0. The maximum atomic E-state index is 12.9. The first-order chi connectivity index (χ1) is 11.9. The summed E-state index contributed by atoms with van der Waals surface area (Å²) >= 11 is 0. The largest absolute Gasteiger partial charge is 0.349 e. The van der Waals surface area contributed by atoms with Gasteiger partial charge < -0.3 is 10.2 Å². The molecule has 8 heteroatoms. The highest BCUT2D eigenvalue weighted by molar-refractivity contribution is 5.79. The Balaban J connectivity index is 2.07. The van der Waals surface area contributed by atoms with E-state index in [0.717, 1.165) is 5.56 Å². The lowest BCUT2D eigenvalue weighted by molar-refractivity contribution is -0.131. The molecule has 1 aromatic carbocycles. The van der Waals surface area contributed by atoms with Crippen molar-refractivity contribution in [1.82, 2.24) is 19.8 Å². The second-order valence-corrected chi connectivity index (χ2v) is 5.65. The van der Waals surface area contributed by atoms with Gasteiger partial charge in [0.1, 0.15) is 5.82 Å². The van der Waals surface area contributed by atoms with E-state index >= 15 is 0 Å². The van der Waals surface area contributed by atoms with Crippen LogP contribution in [0, 0.1) is 0 Å². The van der Waals surface area contributed by atoms with Crippen LogP contribution < -0.4 is 5.32 Å². The first kappa shape index (κ1) is 18.6. The van der Waals surface area contributed by atoms with Gasteiger partial charge >= 0.3 is 6.55 Å². The van der Waals surface area contributed by atoms with E-state index in [1.165, 1.54) is 31.3 Å². The molecule has 0 aliphatic rings. The maximum Gasteiger partial charge on any atom is 0.319 e. The normalized spacial score (nSPS) is 12.0. The molecule has 0 radical (unpaired) electrons. The Morgan fingerprint density at radius 1 is 1.28 bits per heavy atom. The fraction of sp³-hybridized carbons (Fsp3) is 0.353. The molecular weight excluding hydrogens is 330 g/mol. The number of carbonyl (C=O) groups excluding carboxylic acids is 2. The predicted molar refractivity (Wildman–Crippen MR) is 87.6 cm³/mol. The van der Waals surface area contributed by atoms with Gasteiger partial charge in [0, 0.05) is 26.4 Å². The predicted octanol–water partition coefficient (Wildman–Crippen LogP) is 2.50. The number of alkyl halides is 2. The average Bonchev–Trinajstić information content (AvgIpc) is 3.03. The van der Waals surface area contributed by atoms with Crippen molar-refractivity contribution >= 4 is 11.8 Å². The Bertz CT molecular complexity index is 718. The SMILES string of the molecule is CC(=O)NC(CC(=O)N(C)Cc1nccn1C(F)F)c1ccccc1. The summed E-state index contributed by atoms with van der Waals surface area (Å²) in [6.45, 7) is -1.38. The number of hydrogen-bond donors (Lipinski definition) is 1. The van der Waals surface area contributed by atoms with Crippen molar-refractivity contribution in [2.45, 2.75) is 32.5 Å². The highest BCUT2D eigenvalue weighted by atomic mass is 19.3. The van der Waals surface area contributed by atoms with Gasteiger partial charge in [0.05, 0.1) is 19.0 Å². The number of carbonyl (C=O) groups is 2. The van der Waals surface area contributed by atoms with E-state index in [9.17, 15) is 18.4 Å². The summed E-state index contributed by atoms with van der Waals surface area (Å²) in [5, 5.41) is 2.74. The standard InChI is InChI=1S/C17H20F2N4O2/c1-12(24)21-14(13-6-4-3-5-7-13)10-16(25)22(2)11-15-20-8-9-23(15)17(18)19/h3-9,14,17H,10-11H2,1-2H3,(H,21,24).